The molecule has 0 saturated carbocycles. The summed E-state index contributed by atoms with van der Waals surface area (Å²) in [6.07, 6.45) is -2.67. The van der Waals surface area contributed by atoms with Crippen molar-refractivity contribution in [3.05, 3.63) is 45.3 Å². The van der Waals surface area contributed by atoms with Crippen molar-refractivity contribution in [2.75, 3.05) is 18.9 Å². The highest BCUT2D eigenvalue weighted by Gasteiger charge is 2.44. The number of hydrogen-bond acceptors (Lipinski definition) is 15. The number of imidazole rings is 1. The number of fused-ring (bicyclic) bond motifs is 1. The van der Waals surface area contributed by atoms with Gasteiger partial charge in [-0.3, -0.25) is 32.5 Å². The van der Waals surface area contributed by atoms with Crippen LogP contribution in [0.25, 0.3) is 11.2 Å². The van der Waals surface area contributed by atoms with Gasteiger partial charge in [0.2, 0.25) is 0 Å². The van der Waals surface area contributed by atoms with Crippen LogP contribution in [0.2, 0.25) is 0 Å². The van der Waals surface area contributed by atoms with Crippen LogP contribution in [0.5, 0.6) is 0 Å². The standard InChI is InChI=1S/C20H25N7O12P2/c1-9-4-26(20(30)25-19(9)29)15-3-11(13(38-15)5-35-40(31)32)39-41(33,34)36-6-12-10(28)2-14(37-12)27-8-24-16-17(21)22-7-23-18(16)27/h4,7-8,10-15,28H,2-3,5-6H2,1H3,(H,33,34)(H2,21,22,23)(H,25,29,30)/t10-,11-,12+,13+,14+,15+/m0/s1. The van der Waals surface area contributed by atoms with Crippen molar-refractivity contribution in [1.29, 1.82) is 0 Å². The Bertz CT molecular complexity index is 1660. The molecule has 19 nitrogen and oxygen atoms in total. The molecule has 21 heteroatoms. The fraction of sp³-hybridized carbons (Fsp3) is 0.550. The van der Waals surface area contributed by atoms with Crippen LogP contribution in [0, 0.1) is 6.92 Å². The summed E-state index contributed by atoms with van der Waals surface area (Å²) in [5, 5.41) is 10.5. The van der Waals surface area contributed by atoms with Crippen LogP contribution >= 0.6 is 15.7 Å². The van der Waals surface area contributed by atoms with Crippen molar-refractivity contribution in [1.82, 2.24) is 29.1 Å². The monoisotopic (exact) mass is 617 g/mol. The fourth-order valence-corrected chi connectivity index (χ4v) is 5.78. The van der Waals surface area contributed by atoms with Crippen LogP contribution in [-0.2, 0) is 36.7 Å². The van der Waals surface area contributed by atoms with Gasteiger partial charge in [0.25, 0.3) is 5.56 Å². The number of H-pyrrole nitrogens is 1. The summed E-state index contributed by atoms with van der Waals surface area (Å²) in [7, 11) is -8.14. The molecular formula is C20H25N7O12P2. The summed E-state index contributed by atoms with van der Waals surface area (Å²) >= 11 is 0. The number of nitrogen functional groups attached to an aromatic ring is 1. The molecule has 2 aliphatic heterocycles. The molecule has 41 heavy (non-hydrogen) atoms. The minimum atomic E-state index is -4.86. The van der Waals surface area contributed by atoms with Gasteiger partial charge in [0.15, 0.2) is 11.5 Å². The van der Waals surface area contributed by atoms with E-state index in [1.165, 1.54) is 30.3 Å². The van der Waals surface area contributed by atoms with Crippen molar-refractivity contribution >= 4 is 32.7 Å². The molecule has 0 spiro atoms. The quantitative estimate of drug-likeness (QED) is 0.215. The van der Waals surface area contributed by atoms with Crippen LogP contribution in [0.1, 0.15) is 30.9 Å². The number of rotatable bonds is 10. The molecule has 0 amide bonds. The number of anilines is 1. The van der Waals surface area contributed by atoms with E-state index in [9.17, 15) is 33.3 Å². The van der Waals surface area contributed by atoms with E-state index in [2.05, 4.69) is 24.5 Å². The molecule has 2 fully saturated rings. The molecule has 3 aromatic heterocycles. The summed E-state index contributed by atoms with van der Waals surface area (Å²) in [6.45, 7) is 0.313. The van der Waals surface area contributed by atoms with Crippen molar-refractivity contribution in [2.45, 2.75) is 56.6 Å². The minimum absolute atomic E-state index is 0.0816. The molecule has 3 aromatic rings. The third-order valence-electron chi connectivity index (χ3n) is 6.55. The number of ether oxygens (including phenoxy) is 2. The lowest BCUT2D eigenvalue weighted by atomic mass is 10.2. The molecule has 5 N–H and O–H groups in total. The summed E-state index contributed by atoms with van der Waals surface area (Å²) in [5.74, 6) is 0.162. The molecule has 0 aliphatic carbocycles. The Kier molecular flexibility index (Phi) is 8.34. The maximum atomic E-state index is 12.8. The molecule has 2 saturated heterocycles. The Morgan fingerprint density at radius 1 is 1.15 bits per heavy atom. The normalized spacial score (nSPS) is 27.8. The first kappa shape index (κ1) is 29.4. The second-order valence-electron chi connectivity index (χ2n) is 9.29. The second kappa shape index (κ2) is 11.6. The third-order valence-corrected chi connectivity index (χ3v) is 7.93. The lowest BCUT2D eigenvalue weighted by Gasteiger charge is -2.22. The highest BCUT2D eigenvalue weighted by Crippen LogP contribution is 2.49. The Hall–Kier alpha value is -3.12. The van der Waals surface area contributed by atoms with Crippen molar-refractivity contribution in [2.24, 2.45) is 0 Å². The zero-order chi connectivity index (χ0) is 29.5. The van der Waals surface area contributed by atoms with Crippen LogP contribution in [-0.4, -0.2) is 76.7 Å². The second-order valence-corrected chi connectivity index (χ2v) is 11.4. The Balaban J connectivity index is 1.25. The number of aromatic amines is 1. The molecule has 7 atom stereocenters. The van der Waals surface area contributed by atoms with E-state index in [0.717, 1.165) is 4.57 Å². The van der Waals surface area contributed by atoms with Crippen molar-refractivity contribution in [3.8, 4) is 0 Å². The number of phosphoric acid groups is 1. The molecule has 0 radical (unpaired) electrons. The van der Waals surface area contributed by atoms with Gasteiger partial charge in [-0.2, -0.15) is 0 Å². The SMILES string of the molecule is Cc1cn([C@H]2C[C@H](OP(=O)(O)OC[C@H]3O[C@@H](n4cnc5c(N)ncnc54)C[C@@H]3O)[C@@H](COP(=O)=O)O2)c(=O)[nH]c1=O. The number of aliphatic hydroxyl groups is 1. The van der Waals surface area contributed by atoms with Gasteiger partial charge in [0.1, 0.15) is 42.6 Å². The largest absolute Gasteiger partial charge is 0.472 e. The van der Waals surface area contributed by atoms with E-state index >= 15 is 0 Å². The number of hydrogen-bond donors (Lipinski definition) is 4. The van der Waals surface area contributed by atoms with E-state index in [1.807, 2.05) is 0 Å². The molecule has 2 aliphatic rings. The molecule has 0 aromatic carbocycles. The smallest absolute Gasteiger partial charge is 0.390 e. The summed E-state index contributed by atoms with van der Waals surface area (Å²) in [4.78, 5) is 48.7. The molecule has 5 rings (SSSR count). The fourth-order valence-electron chi connectivity index (χ4n) is 4.55. The van der Waals surface area contributed by atoms with E-state index in [0.29, 0.717) is 11.2 Å². The first-order chi connectivity index (χ1) is 19.4. The van der Waals surface area contributed by atoms with E-state index in [1.54, 1.807) is 0 Å². The van der Waals surface area contributed by atoms with Gasteiger partial charge < -0.3 is 25.2 Å². The minimum Gasteiger partial charge on any atom is -0.390 e. The Morgan fingerprint density at radius 2 is 1.88 bits per heavy atom. The Morgan fingerprint density at radius 3 is 2.63 bits per heavy atom. The van der Waals surface area contributed by atoms with Gasteiger partial charge in [-0.25, -0.2) is 33.4 Å². The predicted octanol–water partition coefficient (Wildman–Crippen LogP) is -0.190. The van der Waals surface area contributed by atoms with E-state index in [-0.39, 0.29) is 24.2 Å². The number of phosphoric ester groups is 1. The summed E-state index contributed by atoms with van der Waals surface area (Å²) in [5.41, 5.74) is 5.29. The van der Waals surface area contributed by atoms with Gasteiger partial charge in [-0.1, -0.05) is 0 Å². The third kappa shape index (κ3) is 6.38. The lowest BCUT2D eigenvalue weighted by Crippen LogP contribution is -2.33. The van der Waals surface area contributed by atoms with Gasteiger partial charge >= 0.3 is 21.4 Å². The Labute approximate surface area is 229 Å². The zero-order valence-corrected chi connectivity index (χ0v) is 23.0. The number of aromatic nitrogens is 6. The summed E-state index contributed by atoms with van der Waals surface area (Å²) < 4.78 is 63.7. The first-order valence-corrected chi connectivity index (χ1v) is 14.7. The average Bonchev–Trinajstić information content (AvgIpc) is 3.61. The zero-order valence-electron chi connectivity index (χ0n) is 21.2. The van der Waals surface area contributed by atoms with E-state index < -0.39 is 77.1 Å². The molecule has 5 heterocycles. The first-order valence-electron chi connectivity index (χ1n) is 12.1. The predicted molar refractivity (Wildman–Crippen MR) is 134 cm³/mol. The average molecular weight is 617 g/mol. The van der Waals surface area contributed by atoms with Crippen LogP contribution in [0.4, 0.5) is 5.82 Å². The van der Waals surface area contributed by atoms with Gasteiger partial charge in [0.05, 0.1) is 25.6 Å². The number of nitrogens with two attached hydrogens (primary N) is 1. The maximum absolute atomic E-state index is 12.8. The van der Waals surface area contributed by atoms with Crippen LogP contribution in [0.15, 0.2) is 28.4 Å². The number of nitrogens with one attached hydrogen (secondary N) is 1. The van der Waals surface area contributed by atoms with E-state index in [4.69, 9.17) is 24.3 Å². The number of aliphatic hydroxyl groups excluding tert-OH is 1. The van der Waals surface area contributed by atoms with Gasteiger partial charge in [-0.15, -0.1) is 0 Å². The van der Waals surface area contributed by atoms with Gasteiger partial charge in [-0.05, 0) is 6.92 Å². The van der Waals surface area contributed by atoms with Gasteiger partial charge in [0, 0.05) is 24.6 Å². The highest BCUT2D eigenvalue weighted by molar-refractivity contribution is 7.47. The molecule has 222 valence electrons. The molecule has 0 bridgehead atoms. The number of aryl methyl sites for hydroxylation is 1. The molecular weight excluding hydrogens is 592 g/mol. The maximum Gasteiger partial charge on any atom is 0.472 e. The highest BCUT2D eigenvalue weighted by atomic mass is 31.2. The van der Waals surface area contributed by atoms with Crippen LogP contribution in [0.3, 0.4) is 0 Å². The van der Waals surface area contributed by atoms with Crippen molar-refractivity contribution < 1.29 is 46.7 Å². The van der Waals surface area contributed by atoms with Crippen LogP contribution < -0.4 is 17.0 Å². The number of nitrogens with zero attached hydrogens (tertiary/aromatic N) is 5. The van der Waals surface area contributed by atoms with Crippen molar-refractivity contribution in [3.63, 3.8) is 0 Å². The lowest BCUT2D eigenvalue weighted by molar-refractivity contribution is -0.0539. The molecule has 1 unspecified atom stereocenters. The summed E-state index contributed by atoms with van der Waals surface area (Å²) in [6, 6.07) is 0. The topological polar surface area (TPSA) is 262 Å².